The first-order valence-corrected chi connectivity index (χ1v) is 11.4. The molecule has 3 heterocycles. The summed E-state index contributed by atoms with van der Waals surface area (Å²) in [6, 6.07) is 0. The van der Waals surface area contributed by atoms with Gasteiger partial charge in [0.2, 0.25) is 0 Å². The van der Waals surface area contributed by atoms with Gasteiger partial charge in [-0.05, 0) is 41.5 Å². The molecule has 2 amide bonds. The molecule has 32 heavy (non-hydrogen) atoms. The second-order valence-corrected chi connectivity index (χ2v) is 10.3. The number of ether oxygens (including phenoxy) is 4. The Morgan fingerprint density at radius 1 is 0.562 bits per heavy atom. The third-order valence-electron chi connectivity index (χ3n) is 5.59. The molecule has 10 heteroatoms. The topological polar surface area (TPSA) is 119 Å². The van der Waals surface area contributed by atoms with Crippen molar-refractivity contribution < 1.29 is 28.5 Å². The minimum Gasteiger partial charge on any atom is -0.377 e. The molecule has 0 aromatic carbocycles. The molecule has 3 rings (SSSR count). The molecule has 2 bridgehead atoms. The van der Waals surface area contributed by atoms with Gasteiger partial charge >= 0.3 is 0 Å². The van der Waals surface area contributed by atoms with Gasteiger partial charge in [0.05, 0.1) is 39.6 Å². The standard InChI is InChI=1S/C22H42N4O6/c1-19(2)13-23-15-22(6)18(28)26-20(3,4)14-24-16-21(5,17(27)25-19)31-11-9-29-7-8-30-10-12-32-22/h23-24H,7-16H2,1-6H3,(H,25,27)(H,26,28)/t21-,22-/m1/s1. The molecule has 186 valence electrons. The fraction of sp³-hybridized carbons (Fsp3) is 0.909. The summed E-state index contributed by atoms with van der Waals surface area (Å²) in [4.78, 5) is 26.5. The van der Waals surface area contributed by atoms with E-state index in [1.54, 1.807) is 13.8 Å². The molecule has 2 atom stereocenters. The monoisotopic (exact) mass is 458 g/mol. The van der Waals surface area contributed by atoms with Gasteiger partial charge in [-0.15, -0.1) is 0 Å². The highest BCUT2D eigenvalue weighted by molar-refractivity contribution is 5.86. The molecule has 0 saturated carbocycles. The van der Waals surface area contributed by atoms with E-state index in [9.17, 15) is 9.59 Å². The van der Waals surface area contributed by atoms with Crippen LogP contribution in [0.15, 0.2) is 0 Å². The Bertz CT molecular complexity index is 590. The van der Waals surface area contributed by atoms with Crippen LogP contribution in [0.5, 0.6) is 0 Å². The van der Waals surface area contributed by atoms with Gasteiger partial charge in [0.1, 0.15) is 0 Å². The molecule has 0 radical (unpaired) electrons. The molecule has 0 aromatic rings. The van der Waals surface area contributed by atoms with E-state index >= 15 is 0 Å². The molecule has 3 aliphatic heterocycles. The van der Waals surface area contributed by atoms with Crippen LogP contribution in [0.3, 0.4) is 0 Å². The highest BCUT2D eigenvalue weighted by Crippen LogP contribution is 2.17. The maximum atomic E-state index is 13.2. The average molecular weight is 459 g/mol. The first-order chi connectivity index (χ1) is 14.9. The van der Waals surface area contributed by atoms with Crippen molar-refractivity contribution in [3.63, 3.8) is 0 Å². The van der Waals surface area contributed by atoms with Crippen LogP contribution >= 0.6 is 0 Å². The summed E-state index contributed by atoms with van der Waals surface area (Å²) in [7, 11) is 0. The maximum absolute atomic E-state index is 13.2. The number of amides is 2. The smallest absolute Gasteiger partial charge is 0.253 e. The van der Waals surface area contributed by atoms with E-state index in [2.05, 4.69) is 21.3 Å². The quantitative estimate of drug-likeness (QED) is 0.361. The summed E-state index contributed by atoms with van der Waals surface area (Å²) in [5, 5.41) is 12.8. The van der Waals surface area contributed by atoms with E-state index in [4.69, 9.17) is 18.9 Å². The summed E-state index contributed by atoms with van der Waals surface area (Å²) in [5.41, 5.74) is -3.37. The number of nitrogens with one attached hydrogen (secondary N) is 4. The average Bonchev–Trinajstić information content (AvgIpc) is 2.67. The van der Waals surface area contributed by atoms with Crippen molar-refractivity contribution in [2.45, 2.75) is 63.8 Å². The minimum absolute atomic E-state index is 0.209. The normalized spacial score (nSPS) is 33.9. The van der Waals surface area contributed by atoms with Crippen LogP contribution in [-0.4, -0.2) is 99.9 Å². The van der Waals surface area contributed by atoms with Crippen LogP contribution in [0, 0.1) is 0 Å². The second-order valence-electron chi connectivity index (χ2n) is 10.3. The highest BCUT2D eigenvalue weighted by Gasteiger charge is 2.41. The van der Waals surface area contributed by atoms with Crippen molar-refractivity contribution in [3.05, 3.63) is 0 Å². The number of carbonyl (C=O) groups is 2. The van der Waals surface area contributed by atoms with Gasteiger partial charge in [0.25, 0.3) is 11.8 Å². The van der Waals surface area contributed by atoms with Crippen LogP contribution in [-0.2, 0) is 28.5 Å². The molecule has 0 aliphatic carbocycles. The second kappa shape index (κ2) is 11.2. The molecule has 4 N–H and O–H groups in total. The van der Waals surface area contributed by atoms with E-state index in [1.165, 1.54) is 0 Å². The number of carbonyl (C=O) groups excluding carboxylic acids is 2. The predicted octanol–water partition coefficient (Wildman–Crippen LogP) is -0.434. The van der Waals surface area contributed by atoms with Crippen LogP contribution in [0.1, 0.15) is 41.5 Å². The zero-order valence-electron chi connectivity index (χ0n) is 20.5. The lowest BCUT2D eigenvalue weighted by atomic mass is 9.97. The minimum atomic E-state index is -1.11. The van der Waals surface area contributed by atoms with Crippen molar-refractivity contribution >= 4 is 11.8 Å². The van der Waals surface area contributed by atoms with E-state index in [1.807, 2.05) is 27.7 Å². The van der Waals surface area contributed by atoms with Crippen LogP contribution < -0.4 is 21.3 Å². The Morgan fingerprint density at radius 2 is 0.906 bits per heavy atom. The molecule has 3 fully saturated rings. The fourth-order valence-corrected chi connectivity index (χ4v) is 3.56. The van der Waals surface area contributed by atoms with Gasteiger partial charge in [-0.25, -0.2) is 0 Å². The molecule has 0 spiro atoms. The molecular formula is C22H42N4O6. The van der Waals surface area contributed by atoms with E-state index in [0.29, 0.717) is 39.5 Å². The van der Waals surface area contributed by atoms with Crippen LogP contribution in [0.25, 0.3) is 0 Å². The van der Waals surface area contributed by atoms with Crippen molar-refractivity contribution in [3.8, 4) is 0 Å². The number of rotatable bonds is 0. The number of hydrogen-bond donors (Lipinski definition) is 4. The van der Waals surface area contributed by atoms with Crippen molar-refractivity contribution in [1.82, 2.24) is 21.3 Å². The summed E-state index contributed by atoms with van der Waals surface area (Å²) >= 11 is 0. The van der Waals surface area contributed by atoms with Gasteiger partial charge in [-0.1, -0.05) is 0 Å². The number of hydrogen-bond acceptors (Lipinski definition) is 8. The van der Waals surface area contributed by atoms with Gasteiger partial charge in [0.15, 0.2) is 11.2 Å². The van der Waals surface area contributed by atoms with Crippen molar-refractivity contribution in [1.29, 1.82) is 0 Å². The molecule has 3 aliphatic rings. The van der Waals surface area contributed by atoms with Crippen molar-refractivity contribution in [2.24, 2.45) is 0 Å². The van der Waals surface area contributed by atoms with E-state index < -0.39 is 22.3 Å². The Morgan fingerprint density at radius 3 is 1.28 bits per heavy atom. The Hall–Kier alpha value is -1.30. The highest BCUT2D eigenvalue weighted by atomic mass is 16.6. The number of fused-ring (bicyclic) bond motifs is 19. The molecular weight excluding hydrogens is 416 g/mol. The third-order valence-corrected chi connectivity index (χ3v) is 5.59. The Balaban J connectivity index is 2.34. The lowest BCUT2D eigenvalue weighted by Gasteiger charge is -2.39. The summed E-state index contributed by atoms with van der Waals surface area (Å²) in [5.74, 6) is -0.418. The summed E-state index contributed by atoms with van der Waals surface area (Å²) in [6.07, 6.45) is 0. The molecule has 0 aromatic heterocycles. The van der Waals surface area contributed by atoms with Gasteiger partial charge in [-0.2, -0.15) is 0 Å². The van der Waals surface area contributed by atoms with Crippen LogP contribution in [0.4, 0.5) is 0 Å². The molecule has 3 saturated heterocycles. The first kappa shape index (κ1) is 26.9. The zero-order valence-corrected chi connectivity index (χ0v) is 20.5. The van der Waals surface area contributed by atoms with Gasteiger partial charge in [-0.3, -0.25) is 9.59 Å². The SMILES string of the molecule is CC1(C)CNC[C@@]2(C)OCCOCCOCCO[C@](C)(CNCC(C)(C)NC2=O)C(=O)N1. The summed E-state index contributed by atoms with van der Waals surface area (Å²) in [6.45, 7) is 14.7. The molecule has 0 unspecified atom stereocenters. The van der Waals surface area contributed by atoms with Crippen molar-refractivity contribution in [2.75, 3.05) is 65.8 Å². The lowest BCUT2D eigenvalue weighted by Crippen LogP contribution is -2.65. The summed E-state index contributed by atoms with van der Waals surface area (Å²) < 4.78 is 23.1. The van der Waals surface area contributed by atoms with Gasteiger partial charge < -0.3 is 40.2 Å². The van der Waals surface area contributed by atoms with Gasteiger partial charge in [0, 0.05) is 37.3 Å². The molecule has 10 nitrogen and oxygen atoms in total. The largest absolute Gasteiger partial charge is 0.377 e. The van der Waals surface area contributed by atoms with E-state index in [0.717, 1.165) is 0 Å². The fourth-order valence-electron chi connectivity index (χ4n) is 3.56. The van der Waals surface area contributed by atoms with E-state index in [-0.39, 0.29) is 38.1 Å². The predicted molar refractivity (Wildman–Crippen MR) is 121 cm³/mol. The zero-order chi connectivity index (χ0) is 23.9. The Kier molecular flexibility index (Phi) is 9.45. The maximum Gasteiger partial charge on any atom is 0.253 e. The third kappa shape index (κ3) is 8.24. The Labute approximate surface area is 191 Å². The lowest BCUT2D eigenvalue weighted by molar-refractivity contribution is -0.152. The first-order valence-electron chi connectivity index (χ1n) is 11.4. The van der Waals surface area contributed by atoms with Crippen LogP contribution in [0.2, 0.25) is 0 Å².